The highest BCUT2D eigenvalue weighted by Crippen LogP contribution is 2.28. The van der Waals surface area contributed by atoms with Crippen LogP contribution in [0, 0.1) is 0 Å². The molecule has 152 valence electrons. The third-order valence-electron chi connectivity index (χ3n) is 5.00. The number of anilines is 1. The molecule has 0 atom stereocenters. The molecule has 0 unspecified atom stereocenters. The first kappa shape index (κ1) is 19.4. The van der Waals surface area contributed by atoms with E-state index in [0.717, 1.165) is 34.3 Å². The van der Waals surface area contributed by atoms with Crippen molar-refractivity contribution in [3.05, 3.63) is 65.9 Å². The molecule has 4 amide bonds. The molecule has 0 bridgehead atoms. The number of imide groups is 2. The van der Waals surface area contributed by atoms with Crippen LogP contribution in [-0.2, 0) is 16.1 Å². The number of urea groups is 1. The first-order valence-electron chi connectivity index (χ1n) is 9.67. The Kier molecular flexibility index (Phi) is 5.10. The number of amides is 4. The van der Waals surface area contributed by atoms with E-state index in [2.05, 4.69) is 16.8 Å². The van der Waals surface area contributed by atoms with E-state index >= 15 is 0 Å². The van der Waals surface area contributed by atoms with Crippen molar-refractivity contribution in [3.63, 3.8) is 0 Å². The second-order valence-electron chi connectivity index (χ2n) is 6.95. The smallest absolute Gasteiger partial charge is 0.335 e. The maximum absolute atomic E-state index is 13.1. The SMILES string of the molecule is CCCn1cc(/C=C2\C(=O)NC(=O)N(c3cccc(OC)c3)C2=O)c2ccccc21. The Bertz CT molecular complexity index is 1190. The summed E-state index contributed by atoms with van der Waals surface area (Å²) in [7, 11) is 1.50. The lowest BCUT2D eigenvalue weighted by Crippen LogP contribution is -2.54. The van der Waals surface area contributed by atoms with E-state index in [4.69, 9.17) is 4.74 Å². The molecule has 30 heavy (non-hydrogen) atoms. The van der Waals surface area contributed by atoms with Crippen LogP contribution < -0.4 is 15.0 Å². The number of hydrogen-bond donors (Lipinski definition) is 1. The highest BCUT2D eigenvalue weighted by Gasteiger charge is 2.37. The van der Waals surface area contributed by atoms with Crippen LogP contribution in [0.25, 0.3) is 17.0 Å². The van der Waals surface area contributed by atoms with Crippen LogP contribution in [-0.4, -0.2) is 29.5 Å². The Morgan fingerprint density at radius 2 is 1.87 bits per heavy atom. The molecular formula is C23H21N3O4. The van der Waals surface area contributed by atoms with E-state index in [9.17, 15) is 14.4 Å². The number of nitrogens with one attached hydrogen (secondary N) is 1. The van der Waals surface area contributed by atoms with E-state index in [1.54, 1.807) is 30.3 Å². The number of methoxy groups -OCH3 is 1. The molecule has 0 aliphatic carbocycles. The molecule has 2 heterocycles. The van der Waals surface area contributed by atoms with Crippen molar-refractivity contribution in [2.45, 2.75) is 19.9 Å². The molecule has 7 heteroatoms. The average Bonchev–Trinajstić information content (AvgIpc) is 3.09. The summed E-state index contributed by atoms with van der Waals surface area (Å²) >= 11 is 0. The molecule has 1 N–H and O–H groups in total. The Balaban J connectivity index is 1.79. The van der Waals surface area contributed by atoms with E-state index < -0.39 is 17.8 Å². The number of para-hydroxylation sites is 1. The molecule has 2 aromatic carbocycles. The van der Waals surface area contributed by atoms with Gasteiger partial charge in [0.05, 0.1) is 12.8 Å². The number of rotatable bonds is 5. The van der Waals surface area contributed by atoms with Gasteiger partial charge in [-0.05, 0) is 30.7 Å². The Hall–Kier alpha value is -3.87. The summed E-state index contributed by atoms with van der Waals surface area (Å²) in [5.74, 6) is -0.890. The Morgan fingerprint density at radius 1 is 1.07 bits per heavy atom. The predicted molar refractivity (Wildman–Crippen MR) is 114 cm³/mol. The van der Waals surface area contributed by atoms with Crippen LogP contribution in [0.3, 0.4) is 0 Å². The quantitative estimate of drug-likeness (QED) is 0.520. The molecule has 0 saturated carbocycles. The van der Waals surface area contributed by atoms with E-state index in [0.29, 0.717) is 11.4 Å². The first-order chi connectivity index (χ1) is 14.5. The van der Waals surface area contributed by atoms with E-state index in [1.165, 1.54) is 7.11 Å². The summed E-state index contributed by atoms with van der Waals surface area (Å²) in [5.41, 5.74) is 1.99. The molecule has 4 rings (SSSR count). The number of hydrogen-bond acceptors (Lipinski definition) is 4. The van der Waals surface area contributed by atoms with Crippen molar-refractivity contribution < 1.29 is 19.1 Å². The van der Waals surface area contributed by atoms with Crippen LogP contribution in [0.2, 0.25) is 0 Å². The van der Waals surface area contributed by atoms with Crippen LogP contribution in [0.5, 0.6) is 5.75 Å². The minimum absolute atomic E-state index is 0.100. The standard InChI is InChI=1S/C23H21N3O4/c1-3-11-25-14-15(18-9-4-5-10-20(18)25)12-19-21(27)24-23(29)26(22(19)28)16-7-6-8-17(13-16)30-2/h4-10,12-14H,3,11H2,1-2H3,(H,24,27,29)/b19-12+. The third-order valence-corrected chi connectivity index (χ3v) is 5.00. The van der Waals surface area contributed by atoms with Gasteiger partial charge in [-0.2, -0.15) is 0 Å². The van der Waals surface area contributed by atoms with Crippen LogP contribution >= 0.6 is 0 Å². The number of carbonyl (C=O) groups is 3. The molecule has 3 aromatic rings. The van der Waals surface area contributed by atoms with Gasteiger partial charge in [0.2, 0.25) is 0 Å². The van der Waals surface area contributed by atoms with Gasteiger partial charge in [0, 0.05) is 35.3 Å². The third kappa shape index (κ3) is 3.34. The van der Waals surface area contributed by atoms with E-state index in [1.807, 2.05) is 30.5 Å². The second-order valence-corrected chi connectivity index (χ2v) is 6.95. The summed E-state index contributed by atoms with van der Waals surface area (Å²) in [6, 6.07) is 13.6. The maximum Gasteiger partial charge on any atom is 0.335 e. The first-order valence-corrected chi connectivity index (χ1v) is 9.67. The fraction of sp³-hybridized carbons (Fsp3) is 0.174. The molecule has 7 nitrogen and oxygen atoms in total. The molecular weight excluding hydrogens is 382 g/mol. The molecule has 1 aliphatic heterocycles. The largest absolute Gasteiger partial charge is 0.497 e. The van der Waals surface area contributed by atoms with Crippen molar-refractivity contribution in [2.24, 2.45) is 0 Å². The molecule has 0 radical (unpaired) electrons. The summed E-state index contributed by atoms with van der Waals surface area (Å²) < 4.78 is 7.27. The number of ether oxygens (including phenoxy) is 1. The van der Waals surface area contributed by atoms with Gasteiger partial charge in [-0.1, -0.05) is 31.2 Å². The van der Waals surface area contributed by atoms with Gasteiger partial charge >= 0.3 is 6.03 Å². The lowest BCUT2D eigenvalue weighted by molar-refractivity contribution is -0.122. The van der Waals surface area contributed by atoms with Gasteiger partial charge in [-0.15, -0.1) is 0 Å². The predicted octanol–water partition coefficient (Wildman–Crippen LogP) is 3.73. The number of benzene rings is 2. The fourth-order valence-electron chi connectivity index (χ4n) is 3.61. The topological polar surface area (TPSA) is 80.6 Å². The van der Waals surface area contributed by atoms with Crippen molar-refractivity contribution in [3.8, 4) is 5.75 Å². The summed E-state index contributed by atoms with van der Waals surface area (Å²) in [6.07, 6.45) is 4.42. The Morgan fingerprint density at radius 3 is 2.63 bits per heavy atom. The fourth-order valence-corrected chi connectivity index (χ4v) is 3.61. The summed E-state index contributed by atoms with van der Waals surface area (Å²) in [4.78, 5) is 39.0. The summed E-state index contributed by atoms with van der Waals surface area (Å²) in [5, 5.41) is 3.19. The molecule has 1 aromatic heterocycles. The van der Waals surface area contributed by atoms with Gasteiger partial charge in [0.1, 0.15) is 11.3 Å². The average molecular weight is 403 g/mol. The number of nitrogens with zero attached hydrogens (tertiary/aromatic N) is 2. The zero-order valence-corrected chi connectivity index (χ0v) is 16.7. The highest BCUT2D eigenvalue weighted by atomic mass is 16.5. The van der Waals surface area contributed by atoms with Crippen molar-refractivity contribution >= 4 is 40.5 Å². The molecule has 0 spiro atoms. The number of carbonyl (C=O) groups excluding carboxylic acids is 3. The Labute approximate surface area is 173 Å². The number of aromatic nitrogens is 1. The highest BCUT2D eigenvalue weighted by molar-refractivity contribution is 6.39. The lowest BCUT2D eigenvalue weighted by Gasteiger charge is -2.26. The normalized spacial score (nSPS) is 15.7. The number of barbiturate groups is 1. The number of aryl methyl sites for hydroxylation is 1. The van der Waals surface area contributed by atoms with Crippen molar-refractivity contribution in [1.29, 1.82) is 0 Å². The lowest BCUT2D eigenvalue weighted by atomic mass is 10.1. The van der Waals surface area contributed by atoms with Crippen molar-refractivity contribution in [1.82, 2.24) is 9.88 Å². The minimum atomic E-state index is -0.788. The van der Waals surface area contributed by atoms with Gasteiger partial charge in [0.15, 0.2) is 0 Å². The monoisotopic (exact) mass is 403 g/mol. The van der Waals surface area contributed by atoms with Crippen LogP contribution in [0.4, 0.5) is 10.5 Å². The van der Waals surface area contributed by atoms with Gasteiger partial charge < -0.3 is 9.30 Å². The summed E-state index contributed by atoms with van der Waals surface area (Å²) in [6.45, 7) is 2.90. The zero-order valence-electron chi connectivity index (χ0n) is 16.7. The zero-order chi connectivity index (χ0) is 21.3. The van der Waals surface area contributed by atoms with Gasteiger partial charge in [-0.3, -0.25) is 14.9 Å². The van der Waals surface area contributed by atoms with E-state index in [-0.39, 0.29) is 5.57 Å². The molecule has 1 saturated heterocycles. The second kappa shape index (κ2) is 7.87. The van der Waals surface area contributed by atoms with Gasteiger partial charge in [-0.25, -0.2) is 9.69 Å². The molecule has 1 fully saturated rings. The minimum Gasteiger partial charge on any atom is -0.497 e. The maximum atomic E-state index is 13.1. The number of fused-ring (bicyclic) bond motifs is 1. The van der Waals surface area contributed by atoms with Crippen LogP contribution in [0.1, 0.15) is 18.9 Å². The van der Waals surface area contributed by atoms with Crippen LogP contribution in [0.15, 0.2) is 60.3 Å². The molecule has 1 aliphatic rings. The van der Waals surface area contributed by atoms with Gasteiger partial charge in [0.25, 0.3) is 11.8 Å². The van der Waals surface area contributed by atoms with Crippen molar-refractivity contribution in [2.75, 3.05) is 12.0 Å².